The Labute approximate surface area is 151 Å². The highest BCUT2D eigenvalue weighted by atomic mass is 19.2. The third-order valence-corrected chi connectivity index (χ3v) is 5.32. The Morgan fingerprint density at radius 1 is 1.07 bits per heavy atom. The van der Waals surface area contributed by atoms with E-state index >= 15 is 0 Å². The molecule has 0 bridgehead atoms. The summed E-state index contributed by atoms with van der Waals surface area (Å²) >= 11 is 0. The summed E-state index contributed by atoms with van der Waals surface area (Å²) in [7, 11) is 0. The molecule has 138 valence electrons. The second kappa shape index (κ2) is 5.63. The molecule has 0 amide bonds. The number of hydrogen-bond donors (Lipinski definition) is 0. The normalized spacial score (nSPS) is 20.3. The average molecular weight is 376 g/mol. The van der Waals surface area contributed by atoms with Crippen LogP contribution < -0.4 is 4.57 Å². The molecule has 0 fully saturated rings. The van der Waals surface area contributed by atoms with E-state index < -0.39 is 34.5 Å². The van der Waals surface area contributed by atoms with Crippen molar-refractivity contribution >= 4 is 0 Å². The minimum atomic E-state index is -1.48. The van der Waals surface area contributed by atoms with Crippen molar-refractivity contribution in [1.29, 1.82) is 0 Å². The van der Waals surface area contributed by atoms with E-state index in [0.717, 1.165) is 29.2 Å². The minimum Gasteiger partial charge on any atom is -0.363 e. The number of hydrogen-bond acceptors (Lipinski definition) is 2. The van der Waals surface area contributed by atoms with E-state index in [9.17, 15) is 17.6 Å². The molecular weight excluding hydrogens is 362 g/mol. The molecule has 27 heavy (non-hydrogen) atoms. The number of fused-ring (bicyclic) bond motifs is 5. The average Bonchev–Trinajstić information content (AvgIpc) is 3.25. The van der Waals surface area contributed by atoms with Crippen molar-refractivity contribution in [2.24, 2.45) is 0 Å². The molecule has 0 N–H and O–H groups in total. The summed E-state index contributed by atoms with van der Waals surface area (Å²) in [5.74, 6) is -5.38. The summed E-state index contributed by atoms with van der Waals surface area (Å²) in [4.78, 5) is 0. The van der Waals surface area contributed by atoms with E-state index in [0.29, 0.717) is 5.82 Å². The fourth-order valence-electron chi connectivity index (χ4n) is 3.96. The van der Waals surface area contributed by atoms with Gasteiger partial charge in [0, 0.05) is 17.1 Å². The van der Waals surface area contributed by atoms with E-state index in [4.69, 9.17) is 4.74 Å². The fraction of sp³-hybridized carbons (Fsp3) is 0.263. The lowest BCUT2D eigenvalue weighted by atomic mass is 10.1. The van der Waals surface area contributed by atoms with Crippen LogP contribution in [0.1, 0.15) is 28.6 Å². The van der Waals surface area contributed by atoms with Crippen molar-refractivity contribution in [3.05, 3.63) is 76.4 Å². The molecule has 8 heteroatoms. The number of ether oxygens (including phenoxy) is 1. The molecule has 0 saturated heterocycles. The molecule has 0 saturated carbocycles. The van der Waals surface area contributed by atoms with Gasteiger partial charge in [0.25, 0.3) is 0 Å². The molecule has 2 aliphatic rings. The highest BCUT2D eigenvalue weighted by molar-refractivity contribution is 5.39. The standard InChI is InChI=1S/C19H14F4N3O/c1-9-14(20)16(22)19(17(23)15(9)21)26-8-25-13(24-26)7-27-12-6-10-4-2-3-5-11(10)18(12)25/h2-5,8,12,18H,6-7H2,1H3/q+1/t12-,18+/m0/s1. The zero-order valence-corrected chi connectivity index (χ0v) is 14.2. The lowest BCUT2D eigenvalue weighted by Gasteiger charge is -2.23. The molecule has 1 aliphatic carbocycles. The lowest BCUT2D eigenvalue weighted by molar-refractivity contribution is -0.739. The van der Waals surface area contributed by atoms with Crippen LogP contribution in [0.25, 0.3) is 5.69 Å². The maximum absolute atomic E-state index is 14.4. The van der Waals surface area contributed by atoms with Crippen LogP contribution in [0, 0.1) is 30.2 Å². The second-order valence-corrected chi connectivity index (χ2v) is 6.81. The van der Waals surface area contributed by atoms with E-state index in [-0.39, 0.29) is 18.8 Å². The lowest BCUT2D eigenvalue weighted by Crippen LogP contribution is -2.51. The molecule has 2 aromatic carbocycles. The Bertz CT molecular complexity index is 1070. The molecule has 1 aliphatic heterocycles. The van der Waals surface area contributed by atoms with Crippen LogP contribution in [0.3, 0.4) is 0 Å². The molecule has 2 atom stereocenters. The molecule has 0 spiro atoms. The Morgan fingerprint density at radius 3 is 2.52 bits per heavy atom. The van der Waals surface area contributed by atoms with Gasteiger partial charge in [0.05, 0.1) is 0 Å². The van der Waals surface area contributed by atoms with Crippen molar-refractivity contribution in [3.8, 4) is 5.69 Å². The summed E-state index contributed by atoms with van der Waals surface area (Å²) in [6.45, 7) is 1.12. The monoisotopic (exact) mass is 376 g/mol. The maximum Gasteiger partial charge on any atom is 0.304 e. The zero-order valence-electron chi connectivity index (χ0n) is 14.2. The molecule has 1 aromatic heterocycles. The van der Waals surface area contributed by atoms with Gasteiger partial charge in [-0.15, -0.1) is 0 Å². The van der Waals surface area contributed by atoms with Gasteiger partial charge in [0.2, 0.25) is 23.6 Å². The summed E-state index contributed by atoms with van der Waals surface area (Å²) < 4.78 is 65.1. The van der Waals surface area contributed by atoms with Crippen LogP contribution in [-0.4, -0.2) is 15.9 Å². The quantitative estimate of drug-likeness (QED) is 0.371. The number of rotatable bonds is 1. The fourth-order valence-corrected chi connectivity index (χ4v) is 3.96. The zero-order chi connectivity index (χ0) is 18.9. The summed E-state index contributed by atoms with van der Waals surface area (Å²) in [5, 5.41) is 4.13. The first-order valence-electron chi connectivity index (χ1n) is 8.49. The largest absolute Gasteiger partial charge is 0.363 e. The second-order valence-electron chi connectivity index (χ2n) is 6.81. The predicted molar refractivity (Wildman–Crippen MR) is 85.2 cm³/mol. The third-order valence-electron chi connectivity index (χ3n) is 5.32. The third kappa shape index (κ3) is 2.19. The first-order chi connectivity index (χ1) is 13.0. The Morgan fingerprint density at radius 2 is 1.78 bits per heavy atom. The van der Waals surface area contributed by atoms with Crippen molar-refractivity contribution in [3.63, 3.8) is 0 Å². The van der Waals surface area contributed by atoms with Crippen LogP contribution in [0.4, 0.5) is 17.6 Å². The first kappa shape index (κ1) is 16.4. The van der Waals surface area contributed by atoms with Gasteiger partial charge in [-0.3, -0.25) is 0 Å². The van der Waals surface area contributed by atoms with E-state index in [1.54, 1.807) is 4.57 Å². The SMILES string of the molecule is Cc1c(F)c(F)c(-n2c[n+]3c(n2)CO[C@H]2Cc4ccccc4[C@H]23)c(F)c1F. The van der Waals surface area contributed by atoms with Crippen molar-refractivity contribution in [2.75, 3.05) is 0 Å². The smallest absolute Gasteiger partial charge is 0.304 e. The van der Waals surface area contributed by atoms with E-state index in [1.807, 2.05) is 24.3 Å². The van der Waals surface area contributed by atoms with Crippen LogP contribution in [-0.2, 0) is 17.8 Å². The van der Waals surface area contributed by atoms with E-state index in [2.05, 4.69) is 5.10 Å². The van der Waals surface area contributed by atoms with Crippen LogP contribution in [0.2, 0.25) is 0 Å². The maximum atomic E-state index is 14.4. The van der Waals surface area contributed by atoms with Crippen LogP contribution >= 0.6 is 0 Å². The van der Waals surface area contributed by atoms with Crippen LogP contribution in [0.5, 0.6) is 0 Å². The molecule has 5 rings (SSSR count). The van der Waals surface area contributed by atoms with Crippen LogP contribution in [0.15, 0.2) is 30.6 Å². The summed E-state index contributed by atoms with van der Waals surface area (Å²) in [6, 6.07) is 7.61. The van der Waals surface area contributed by atoms with Gasteiger partial charge in [0.15, 0.2) is 11.6 Å². The number of benzene rings is 2. The van der Waals surface area contributed by atoms with Crippen molar-refractivity contribution in [2.45, 2.75) is 32.1 Å². The minimum absolute atomic E-state index is 0.126. The molecule has 4 nitrogen and oxygen atoms in total. The number of aromatic nitrogens is 3. The van der Waals surface area contributed by atoms with Gasteiger partial charge in [-0.2, -0.15) is 8.78 Å². The van der Waals surface area contributed by atoms with Gasteiger partial charge in [0.1, 0.15) is 18.8 Å². The molecule has 0 radical (unpaired) electrons. The van der Waals surface area contributed by atoms with Gasteiger partial charge in [-0.05, 0) is 18.1 Å². The van der Waals surface area contributed by atoms with Gasteiger partial charge in [-0.1, -0.05) is 28.9 Å². The van der Waals surface area contributed by atoms with E-state index in [1.165, 1.54) is 6.33 Å². The highest BCUT2D eigenvalue weighted by Crippen LogP contribution is 2.36. The molecule has 2 heterocycles. The summed E-state index contributed by atoms with van der Waals surface area (Å²) in [5.41, 5.74) is 0.590. The topological polar surface area (TPSA) is 30.9 Å². The first-order valence-corrected chi connectivity index (χ1v) is 8.49. The van der Waals surface area contributed by atoms with Gasteiger partial charge >= 0.3 is 5.82 Å². The van der Waals surface area contributed by atoms with Gasteiger partial charge < -0.3 is 4.74 Å². The molecule has 3 aromatic rings. The number of halogens is 4. The van der Waals surface area contributed by atoms with Crippen molar-refractivity contribution < 1.29 is 26.9 Å². The Kier molecular flexibility index (Phi) is 3.42. The molecular formula is C19H14F4N3O+. The summed E-state index contributed by atoms with van der Waals surface area (Å²) in [6.07, 6.45) is 1.96. The Balaban J connectivity index is 1.68. The number of nitrogens with zero attached hydrogens (tertiary/aromatic N) is 3. The van der Waals surface area contributed by atoms with Gasteiger partial charge in [-0.25, -0.2) is 13.3 Å². The predicted octanol–water partition coefficient (Wildman–Crippen LogP) is 3.07. The Hall–Kier alpha value is -2.74. The molecule has 0 unspecified atom stereocenters. The van der Waals surface area contributed by atoms with Crippen molar-refractivity contribution in [1.82, 2.24) is 9.78 Å². The highest BCUT2D eigenvalue weighted by Gasteiger charge is 2.44.